The standard InChI is InChI=1S/C13H18N4/c1-10(2)15-8-11-9-17(3)16-13(11)12-6-4-5-7-14-12/h4-7,9-10,15H,8H2,1-3H3. The van der Waals surface area contributed by atoms with Gasteiger partial charge in [0.15, 0.2) is 0 Å². The van der Waals surface area contributed by atoms with E-state index in [-0.39, 0.29) is 0 Å². The predicted molar refractivity (Wildman–Crippen MR) is 68.4 cm³/mol. The second-order valence-corrected chi connectivity index (χ2v) is 4.43. The highest BCUT2D eigenvalue weighted by molar-refractivity contribution is 5.57. The van der Waals surface area contributed by atoms with Gasteiger partial charge in [-0.25, -0.2) is 0 Å². The summed E-state index contributed by atoms with van der Waals surface area (Å²) in [7, 11) is 1.94. The maximum atomic E-state index is 4.47. The molecule has 0 fully saturated rings. The molecule has 0 radical (unpaired) electrons. The molecule has 0 aliphatic heterocycles. The van der Waals surface area contributed by atoms with Crippen LogP contribution < -0.4 is 5.32 Å². The van der Waals surface area contributed by atoms with E-state index in [4.69, 9.17) is 0 Å². The molecule has 0 bridgehead atoms. The minimum Gasteiger partial charge on any atom is -0.310 e. The largest absolute Gasteiger partial charge is 0.310 e. The van der Waals surface area contributed by atoms with Crippen LogP contribution in [0, 0.1) is 0 Å². The first kappa shape index (κ1) is 11.8. The van der Waals surface area contributed by atoms with Gasteiger partial charge in [0.05, 0.1) is 5.69 Å². The van der Waals surface area contributed by atoms with Crippen LogP contribution in [0.15, 0.2) is 30.6 Å². The highest BCUT2D eigenvalue weighted by Crippen LogP contribution is 2.19. The molecule has 0 aromatic carbocycles. The van der Waals surface area contributed by atoms with E-state index in [1.54, 1.807) is 6.20 Å². The number of nitrogens with one attached hydrogen (secondary N) is 1. The van der Waals surface area contributed by atoms with Gasteiger partial charge < -0.3 is 5.32 Å². The molecule has 0 atom stereocenters. The van der Waals surface area contributed by atoms with Crippen LogP contribution in [-0.4, -0.2) is 20.8 Å². The quantitative estimate of drug-likeness (QED) is 0.873. The zero-order chi connectivity index (χ0) is 12.3. The summed E-state index contributed by atoms with van der Waals surface area (Å²) in [6, 6.07) is 6.35. The predicted octanol–water partition coefficient (Wildman–Crippen LogP) is 1.98. The highest BCUT2D eigenvalue weighted by Gasteiger charge is 2.10. The monoisotopic (exact) mass is 230 g/mol. The number of aryl methyl sites for hydroxylation is 1. The van der Waals surface area contributed by atoms with Crippen LogP contribution in [0.2, 0.25) is 0 Å². The number of hydrogen-bond donors (Lipinski definition) is 1. The molecule has 2 rings (SSSR count). The Labute approximate surface area is 102 Å². The zero-order valence-corrected chi connectivity index (χ0v) is 10.5. The molecule has 2 aromatic heterocycles. The SMILES string of the molecule is CC(C)NCc1cn(C)nc1-c1ccccn1. The number of aromatic nitrogens is 3. The van der Waals surface area contributed by atoms with Crippen molar-refractivity contribution < 1.29 is 0 Å². The Bertz CT molecular complexity index is 473. The molecular formula is C13H18N4. The Balaban J connectivity index is 2.28. The fraction of sp³-hybridized carbons (Fsp3) is 0.385. The summed E-state index contributed by atoms with van der Waals surface area (Å²) in [5, 5.41) is 7.88. The van der Waals surface area contributed by atoms with Gasteiger partial charge in [-0.2, -0.15) is 5.10 Å². The third kappa shape index (κ3) is 2.91. The molecule has 17 heavy (non-hydrogen) atoms. The molecule has 4 nitrogen and oxygen atoms in total. The van der Waals surface area contributed by atoms with Crippen LogP contribution in [0.1, 0.15) is 19.4 Å². The van der Waals surface area contributed by atoms with E-state index < -0.39 is 0 Å². The van der Waals surface area contributed by atoms with E-state index in [0.717, 1.165) is 17.9 Å². The van der Waals surface area contributed by atoms with Crippen molar-refractivity contribution in [3.05, 3.63) is 36.2 Å². The molecule has 0 saturated heterocycles. The van der Waals surface area contributed by atoms with Gasteiger partial charge in [-0.3, -0.25) is 9.67 Å². The molecule has 2 aromatic rings. The molecular weight excluding hydrogens is 212 g/mol. The van der Waals surface area contributed by atoms with E-state index >= 15 is 0 Å². The van der Waals surface area contributed by atoms with Gasteiger partial charge in [-0.15, -0.1) is 0 Å². The fourth-order valence-electron chi connectivity index (χ4n) is 1.70. The molecule has 4 heteroatoms. The Hall–Kier alpha value is -1.68. The fourth-order valence-corrected chi connectivity index (χ4v) is 1.70. The van der Waals surface area contributed by atoms with Crippen LogP contribution in [0.4, 0.5) is 0 Å². The third-order valence-corrected chi connectivity index (χ3v) is 2.51. The summed E-state index contributed by atoms with van der Waals surface area (Å²) in [5.74, 6) is 0. The van der Waals surface area contributed by atoms with Gasteiger partial charge in [0.2, 0.25) is 0 Å². The summed E-state index contributed by atoms with van der Waals surface area (Å²) in [6.45, 7) is 5.09. The molecule has 0 aliphatic carbocycles. The minimum atomic E-state index is 0.465. The second kappa shape index (κ2) is 5.10. The van der Waals surface area contributed by atoms with Gasteiger partial charge in [-0.1, -0.05) is 19.9 Å². The lowest BCUT2D eigenvalue weighted by Gasteiger charge is -2.07. The van der Waals surface area contributed by atoms with Crippen molar-refractivity contribution in [2.24, 2.45) is 7.05 Å². The van der Waals surface area contributed by atoms with Crippen molar-refractivity contribution in [2.45, 2.75) is 26.4 Å². The van der Waals surface area contributed by atoms with Crippen molar-refractivity contribution in [1.82, 2.24) is 20.1 Å². The van der Waals surface area contributed by atoms with Crippen molar-refractivity contribution in [2.75, 3.05) is 0 Å². The summed E-state index contributed by atoms with van der Waals surface area (Å²) in [6.07, 6.45) is 3.84. The first-order valence-electron chi connectivity index (χ1n) is 5.84. The number of pyridine rings is 1. The zero-order valence-electron chi connectivity index (χ0n) is 10.5. The van der Waals surface area contributed by atoms with E-state index in [1.165, 1.54) is 5.56 Å². The van der Waals surface area contributed by atoms with Gasteiger partial charge in [0.1, 0.15) is 5.69 Å². The Morgan fingerprint density at radius 3 is 2.82 bits per heavy atom. The van der Waals surface area contributed by atoms with Gasteiger partial charge >= 0.3 is 0 Å². The molecule has 0 spiro atoms. The summed E-state index contributed by atoms with van der Waals surface area (Å²) >= 11 is 0. The lowest BCUT2D eigenvalue weighted by molar-refractivity contribution is 0.589. The lowest BCUT2D eigenvalue weighted by Crippen LogP contribution is -2.21. The molecule has 0 amide bonds. The topological polar surface area (TPSA) is 42.7 Å². The van der Waals surface area contributed by atoms with Crippen LogP contribution in [0.25, 0.3) is 11.4 Å². The van der Waals surface area contributed by atoms with Crippen LogP contribution in [0.5, 0.6) is 0 Å². The summed E-state index contributed by atoms with van der Waals surface area (Å²) in [4.78, 5) is 4.35. The smallest absolute Gasteiger partial charge is 0.115 e. The summed E-state index contributed by atoms with van der Waals surface area (Å²) in [5.41, 5.74) is 3.06. The average Bonchev–Trinajstić information content (AvgIpc) is 2.69. The van der Waals surface area contributed by atoms with E-state index in [1.807, 2.05) is 36.1 Å². The molecule has 1 N–H and O–H groups in total. The van der Waals surface area contributed by atoms with Crippen molar-refractivity contribution in [3.63, 3.8) is 0 Å². The highest BCUT2D eigenvalue weighted by atomic mass is 15.3. The van der Waals surface area contributed by atoms with Gasteiger partial charge in [0, 0.05) is 37.6 Å². The van der Waals surface area contributed by atoms with E-state index in [0.29, 0.717) is 6.04 Å². The Kier molecular flexibility index (Phi) is 3.54. The van der Waals surface area contributed by atoms with E-state index in [9.17, 15) is 0 Å². The third-order valence-electron chi connectivity index (χ3n) is 2.51. The first-order valence-corrected chi connectivity index (χ1v) is 5.84. The average molecular weight is 230 g/mol. The number of rotatable bonds is 4. The molecule has 0 aliphatic rings. The van der Waals surface area contributed by atoms with Crippen molar-refractivity contribution >= 4 is 0 Å². The molecule has 0 unspecified atom stereocenters. The van der Waals surface area contributed by atoms with Gasteiger partial charge in [0.25, 0.3) is 0 Å². The van der Waals surface area contributed by atoms with Gasteiger partial charge in [-0.05, 0) is 12.1 Å². The minimum absolute atomic E-state index is 0.465. The molecule has 90 valence electrons. The number of nitrogens with zero attached hydrogens (tertiary/aromatic N) is 3. The lowest BCUT2D eigenvalue weighted by atomic mass is 10.2. The van der Waals surface area contributed by atoms with Crippen molar-refractivity contribution in [1.29, 1.82) is 0 Å². The maximum absolute atomic E-state index is 4.47. The van der Waals surface area contributed by atoms with E-state index in [2.05, 4.69) is 29.2 Å². The Morgan fingerprint density at radius 2 is 2.18 bits per heavy atom. The summed E-state index contributed by atoms with van der Waals surface area (Å²) < 4.78 is 1.83. The maximum Gasteiger partial charge on any atom is 0.115 e. The normalized spacial score (nSPS) is 11.1. The number of hydrogen-bond acceptors (Lipinski definition) is 3. The van der Waals surface area contributed by atoms with Crippen LogP contribution in [-0.2, 0) is 13.6 Å². The van der Waals surface area contributed by atoms with Crippen LogP contribution in [0.3, 0.4) is 0 Å². The Morgan fingerprint density at radius 1 is 1.35 bits per heavy atom. The van der Waals surface area contributed by atoms with Crippen molar-refractivity contribution in [3.8, 4) is 11.4 Å². The molecule has 2 heterocycles. The first-order chi connectivity index (χ1) is 8.16. The second-order valence-electron chi connectivity index (χ2n) is 4.43. The molecule has 0 saturated carbocycles. The van der Waals surface area contributed by atoms with Crippen LogP contribution >= 0.6 is 0 Å².